The number of hydrogen-bond acceptors (Lipinski definition) is 3. The third-order valence-electron chi connectivity index (χ3n) is 2.97. The molecule has 0 amide bonds. The Morgan fingerprint density at radius 1 is 1.33 bits per heavy atom. The van der Waals surface area contributed by atoms with E-state index in [1.54, 1.807) is 26.0 Å². The summed E-state index contributed by atoms with van der Waals surface area (Å²) in [7, 11) is 0. The fourth-order valence-electron chi connectivity index (χ4n) is 1.70. The molecule has 0 aliphatic rings. The smallest absolute Gasteiger partial charge is 0.337 e. The highest BCUT2D eigenvalue weighted by molar-refractivity contribution is 5.75. The minimum Gasteiger partial charge on any atom is -0.479 e. The number of aliphatic hydroxyl groups is 1. The van der Waals surface area contributed by atoms with Crippen LogP contribution in [0.5, 0.6) is 0 Å². The molecule has 3 atom stereocenters. The molecule has 0 fully saturated rings. The number of carboxylic acids is 1. The summed E-state index contributed by atoms with van der Waals surface area (Å²) < 4.78 is 5.45. The molecule has 0 spiro atoms. The van der Waals surface area contributed by atoms with E-state index in [0.29, 0.717) is 5.56 Å². The lowest BCUT2D eigenvalue weighted by molar-refractivity contribution is -0.158. The molecule has 1 aromatic carbocycles. The van der Waals surface area contributed by atoms with E-state index in [4.69, 9.17) is 4.74 Å². The zero-order chi connectivity index (χ0) is 13.7. The van der Waals surface area contributed by atoms with Gasteiger partial charge < -0.3 is 14.9 Å². The van der Waals surface area contributed by atoms with Gasteiger partial charge in [-0.3, -0.25) is 0 Å². The maximum Gasteiger partial charge on any atom is 0.337 e. The van der Waals surface area contributed by atoms with Gasteiger partial charge in [0.25, 0.3) is 0 Å². The number of benzene rings is 1. The lowest BCUT2D eigenvalue weighted by Crippen LogP contribution is -2.28. The molecule has 18 heavy (non-hydrogen) atoms. The summed E-state index contributed by atoms with van der Waals surface area (Å²) in [6.45, 7) is 5.21. The van der Waals surface area contributed by atoms with Crippen LogP contribution in [0.3, 0.4) is 0 Å². The average Bonchev–Trinajstić information content (AvgIpc) is 2.35. The van der Waals surface area contributed by atoms with Crippen molar-refractivity contribution < 1.29 is 19.7 Å². The van der Waals surface area contributed by atoms with Crippen molar-refractivity contribution >= 4 is 5.97 Å². The summed E-state index contributed by atoms with van der Waals surface area (Å²) in [6, 6.07) is 7.31. The van der Waals surface area contributed by atoms with E-state index in [9.17, 15) is 15.0 Å². The van der Waals surface area contributed by atoms with Crippen LogP contribution in [0.1, 0.15) is 38.0 Å². The van der Waals surface area contributed by atoms with Crippen LogP contribution >= 0.6 is 0 Å². The predicted octanol–water partition coefficient (Wildman–Crippen LogP) is 2.16. The van der Waals surface area contributed by atoms with Crippen LogP contribution in [-0.2, 0) is 16.0 Å². The maximum atomic E-state index is 11.3. The van der Waals surface area contributed by atoms with E-state index < -0.39 is 24.3 Å². The van der Waals surface area contributed by atoms with Crippen LogP contribution in [0, 0.1) is 0 Å². The molecule has 0 radical (unpaired) electrons. The SMILES string of the molecule is CCc1ccccc1C(OC(C)C(C)O)C(=O)O. The maximum absolute atomic E-state index is 11.3. The van der Waals surface area contributed by atoms with E-state index in [0.717, 1.165) is 12.0 Å². The van der Waals surface area contributed by atoms with Gasteiger partial charge in [-0.2, -0.15) is 0 Å². The molecular formula is C14H20O4. The topological polar surface area (TPSA) is 66.8 Å². The molecule has 2 N–H and O–H groups in total. The minimum absolute atomic E-state index is 0.531. The zero-order valence-corrected chi connectivity index (χ0v) is 11.0. The van der Waals surface area contributed by atoms with Gasteiger partial charge in [0.2, 0.25) is 0 Å². The Morgan fingerprint density at radius 2 is 1.94 bits per heavy atom. The highest BCUT2D eigenvalue weighted by Gasteiger charge is 2.26. The van der Waals surface area contributed by atoms with Crippen molar-refractivity contribution in [2.45, 2.75) is 45.5 Å². The van der Waals surface area contributed by atoms with Gasteiger partial charge >= 0.3 is 5.97 Å². The van der Waals surface area contributed by atoms with Crippen molar-refractivity contribution in [3.05, 3.63) is 35.4 Å². The molecule has 0 saturated carbocycles. The van der Waals surface area contributed by atoms with Crippen molar-refractivity contribution in [1.82, 2.24) is 0 Å². The van der Waals surface area contributed by atoms with Crippen molar-refractivity contribution in [3.8, 4) is 0 Å². The first-order valence-corrected chi connectivity index (χ1v) is 6.11. The lowest BCUT2D eigenvalue weighted by atomic mass is 10.00. The van der Waals surface area contributed by atoms with Crippen molar-refractivity contribution in [2.24, 2.45) is 0 Å². The Morgan fingerprint density at radius 3 is 2.44 bits per heavy atom. The van der Waals surface area contributed by atoms with Gasteiger partial charge in [-0.25, -0.2) is 4.79 Å². The fraction of sp³-hybridized carbons (Fsp3) is 0.500. The Hall–Kier alpha value is -1.39. The first-order valence-electron chi connectivity index (χ1n) is 6.11. The van der Waals surface area contributed by atoms with Gasteiger partial charge in [0.15, 0.2) is 6.10 Å². The molecule has 0 bridgehead atoms. The second-order valence-electron chi connectivity index (χ2n) is 4.35. The van der Waals surface area contributed by atoms with Crippen LogP contribution in [-0.4, -0.2) is 28.4 Å². The number of aryl methyl sites for hydroxylation is 1. The van der Waals surface area contributed by atoms with Gasteiger partial charge in [0.05, 0.1) is 12.2 Å². The summed E-state index contributed by atoms with van der Waals surface area (Å²) in [4.78, 5) is 11.3. The minimum atomic E-state index is -1.04. The van der Waals surface area contributed by atoms with Crippen LogP contribution in [0.4, 0.5) is 0 Å². The number of rotatable bonds is 6. The molecule has 0 heterocycles. The third-order valence-corrected chi connectivity index (χ3v) is 2.97. The Bertz CT molecular complexity index is 401. The average molecular weight is 252 g/mol. The Labute approximate surface area is 107 Å². The number of ether oxygens (including phenoxy) is 1. The third kappa shape index (κ3) is 3.55. The molecule has 1 aromatic rings. The molecule has 1 rings (SSSR count). The molecule has 0 saturated heterocycles. The summed E-state index contributed by atoms with van der Waals surface area (Å²) in [5, 5.41) is 18.7. The van der Waals surface area contributed by atoms with E-state index >= 15 is 0 Å². The van der Waals surface area contributed by atoms with Gasteiger partial charge in [-0.15, -0.1) is 0 Å². The molecule has 4 nitrogen and oxygen atoms in total. The first-order chi connectivity index (χ1) is 8.47. The van der Waals surface area contributed by atoms with Gasteiger partial charge in [0, 0.05) is 0 Å². The van der Waals surface area contributed by atoms with E-state index in [1.807, 2.05) is 19.1 Å². The highest BCUT2D eigenvalue weighted by Crippen LogP contribution is 2.24. The second-order valence-corrected chi connectivity index (χ2v) is 4.35. The van der Waals surface area contributed by atoms with Crippen LogP contribution in [0.2, 0.25) is 0 Å². The monoisotopic (exact) mass is 252 g/mol. The Balaban J connectivity index is 3.01. The first kappa shape index (κ1) is 14.7. The number of aliphatic hydroxyl groups excluding tert-OH is 1. The predicted molar refractivity (Wildman–Crippen MR) is 68.4 cm³/mol. The van der Waals surface area contributed by atoms with Crippen molar-refractivity contribution in [1.29, 1.82) is 0 Å². The number of carboxylic acid groups (broad SMARTS) is 1. The summed E-state index contributed by atoms with van der Waals surface area (Å²) in [5.41, 5.74) is 1.60. The normalized spacial score (nSPS) is 16.0. The lowest BCUT2D eigenvalue weighted by Gasteiger charge is -2.23. The quantitative estimate of drug-likeness (QED) is 0.814. The van der Waals surface area contributed by atoms with Crippen molar-refractivity contribution in [2.75, 3.05) is 0 Å². The zero-order valence-electron chi connectivity index (χ0n) is 11.0. The number of hydrogen-bond donors (Lipinski definition) is 2. The van der Waals surface area contributed by atoms with Gasteiger partial charge in [-0.1, -0.05) is 31.2 Å². The molecule has 0 aliphatic carbocycles. The number of carbonyl (C=O) groups is 1. The number of aliphatic carboxylic acids is 1. The molecule has 3 unspecified atom stereocenters. The molecule has 4 heteroatoms. The highest BCUT2D eigenvalue weighted by atomic mass is 16.5. The molecule has 100 valence electrons. The molecular weight excluding hydrogens is 232 g/mol. The van der Waals surface area contributed by atoms with Gasteiger partial charge in [-0.05, 0) is 31.4 Å². The van der Waals surface area contributed by atoms with Crippen LogP contribution < -0.4 is 0 Å². The van der Waals surface area contributed by atoms with Crippen molar-refractivity contribution in [3.63, 3.8) is 0 Å². The van der Waals surface area contributed by atoms with E-state index in [2.05, 4.69) is 0 Å². The molecule has 0 aromatic heterocycles. The van der Waals surface area contributed by atoms with E-state index in [1.165, 1.54) is 0 Å². The summed E-state index contributed by atoms with van der Waals surface area (Å²) >= 11 is 0. The summed E-state index contributed by atoms with van der Waals surface area (Å²) in [5.74, 6) is -1.04. The van der Waals surface area contributed by atoms with Gasteiger partial charge in [0.1, 0.15) is 0 Å². The second kappa shape index (κ2) is 6.52. The summed E-state index contributed by atoms with van der Waals surface area (Å²) in [6.07, 6.45) is -1.53. The van der Waals surface area contributed by atoms with E-state index in [-0.39, 0.29) is 0 Å². The van der Waals surface area contributed by atoms with Crippen LogP contribution in [0.15, 0.2) is 24.3 Å². The Kier molecular flexibility index (Phi) is 5.31. The van der Waals surface area contributed by atoms with Crippen LogP contribution in [0.25, 0.3) is 0 Å². The standard InChI is InChI=1S/C14H20O4/c1-4-11-7-5-6-8-12(11)13(14(16)17)18-10(3)9(2)15/h5-10,13,15H,4H2,1-3H3,(H,16,17). The fourth-order valence-corrected chi connectivity index (χ4v) is 1.70. The molecule has 0 aliphatic heterocycles. The largest absolute Gasteiger partial charge is 0.479 e.